The van der Waals surface area contributed by atoms with Gasteiger partial charge in [-0.2, -0.15) is 18.3 Å². The van der Waals surface area contributed by atoms with Crippen molar-refractivity contribution < 1.29 is 42.7 Å². The van der Waals surface area contributed by atoms with Crippen LogP contribution in [0, 0.1) is 0 Å². The molecular formula is C24H24F3N4Na. The summed E-state index contributed by atoms with van der Waals surface area (Å²) in [5, 5.41) is 4.74. The maximum absolute atomic E-state index is 13.5. The van der Waals surface area contributed by atoms with Crippen LogP contribution in [0.25, 0.3) is 33.7 Å². The van der Waals surface area contributed by atoms with Gasteiger partial charge in [0.2, 0.25) is 0 Å². The van der Waals surface area contributed by atoms with Crippen molar-refractivity contribution in [1.82, 2.24) is 19.7 Å². The van der Waals surface area contributed by atoms with Crippen molar-refractivity contribution >= 4 is 11.0 Å². The largest absolute Gasteiger partial charge is 1.00 e. The molecule has 4 rings (SSSR count). The molecule has 0 atom stereocenters. The van der Waals surface area contributed by atoms with Gasteiger partial charge < -0.3 is 9.97 Å². The second kappa shape index (κ2) is 8.69. The molecule has 2 aromatic heterocycles. The van der Waals surface area contributed by atoms with Gasteiger partial charge in [-0.3, -0.25) is 4.68 Å². The number of aromatic nitrogens is 4. The van der Waals surface area contributed by atoms with Crippen LogP contribution in [0.15, 0.2) is 48.5 Å². The minimum Gasteiger partial charge on any atom is -0.434 e. The zero-order valence-electron chi connectivity index (χ0n) is 19.1. The Hall–Kier alpha value is -2.09. The van der Waals surface area contributed by atoms with E-state index in [4.69, 9.17) is 5.10 Å². The van der Waals surface area contributed by atoms with Gasteiger partial charge in [0.05, 0.1) is 17.0 Å². The van der Waals surface area contributed by atoms with E-state index in [1.807, 2.05) is 24.6 Å². The molecule has 0 radical (unpaired) electrons. The fourth-order valence-corrected chi connectivity index (χ4v) is 3.55. The van der Waals surface area contributed by atoms with Crippen LogP contribution >= 0.6 is 0 Å². The third kappa shape index (κ3) is 4.65. The molecule has 0 N–H and O–H groups in total. The summed E-state index contributed by atoms with van der Waals surface area (Å²) >= 11 is 0. The van der Waals surface area contributed by atoms with Gasteiger partial charge in [0.25, 0.3) is 0 Å². The standard InChI is InChI=1S/C24H24F3N4.Na/c1-14(2)31-20(13-21(30-31)23(3,4)5)22-28-18-11-10-15(12-19(18)29-22)16-8-6-7-9-17(16)24(25,26)27;/h6-14H,1-5H3;/q-1;+1. The van der Waals surface area contributed by atoms with E-state index in [9.17, 15) is 13.2 Å². The number of benzene rings is 2. The SMILES string of the molecule is CC(C)n1nc(C(C)(C)C)cc1-c1nc2cc(-c3ccccc3C(F)(F)F)ccc2[n-]1.[Na+]. The molecule has 4 aromatic rings. The Morgan fingerprint density at radius 1 is 0.969 bits per heavy atom. The molecule has 0 bridgehead atoms. The molecule has 8 heteroatoms. The summed E-state index contributed by atoms with van der Waals surface area (Å²) in [6.07, 6.45) is -4.43. The quantitative estimate of drug-likeness (QED) is 0.450. The maximum atomic E-state index is 13.5. The predicted molar refractivity (Wildman–Crippen MR) is 116 cm³/mol. The first-order valence-corrected chi connectivity index (χ1v) is 10.2. The Balaban J connectivity index is 0.00000289. The smallest absolute Gasteiger partial charge is 0.434 e. The Labute approximate surface area is 207 Å². The molecule has 0 fully saturated rings. The van der Waals surface area contributed by atoms with Gasteiger partial charge >= 0.3 is 35.7 Å². The van der Waals surface area contributed by atoms with E-state index in [1.54, 1.807) is 24.3 Å². The Morgan fingerprint density at radius 3 is 2.28 bits per heavy atom. The third-order valence-corrected chi connectivity index (χ3v) is 5.19. The predicted octanol–water partition coefficient (Wildman–Crippen LogP) is 3.62. The zero-order chi connectivity index (χ0) is 22.6. The first kappa shape index (κ1) is 24.6. The molecule has 0 aliphatic rings. The molecule has 0 saturated heterocycles. The van der Waals surface area contributed by atoms with Crippen molar-refractivity contribution in [2.45, 2.75) is 52.3 Å². The van der Waals surface area contributed by atoms with Gasteiger partial charge in [0.1, 0.15) is 0 Å². The summed E-state index contributed by atoms with van der Waals surface area (Å²) in [6.45, 7) is 10.4. The number of imidazole rings is 1. The first-order chi connectivity index (χ1) is 14.4. The number of hydrogen-bond donors (Lipinski definition) is 0. The number of hydrogen-bond acceptors (Lipinski definition) is 2. The van der Waals surface area contributed by atoms with E-state index in [-0.39, 0.29) is 46.6 Å². The van der Waals surface area contributed by atoms with E-state index in [0.717, 1.165) is 17.5 Å². The number of halogens is 3. The van der Waals surface area contributed by atoms with E-state index in [2.05, 4.69) is 30.7 Å². The second-order valence-electron chi connectivity index (χ2n) is 9.00. The number of alkyl halides is 3. The van der Waals surface area contributed by atoms with Gasteiger partial charge in [-0.15, -0.1) is 0 Å². The Morgan fingerprint density at radius 2 is 1.66 bits per heavy atom. The molecule has 32 heavy (non-hydrogen) atoms. The number of fused-ring (bicyclic) bond motifs is 1. The Bertz CT molecular complexity index is 1250. The summed E-state index contributed by atoms with van der Waals surface area (Å²) in [6, 6.07) is 12.7. The second-order valence-corrected chi connectivity index (χ2v) is 9.00. The molecule has 0 aliphatic heterocycles. The topological polar surface area (TPSA) is 44.8 Å². The van der Waals surface area contributed by atoms with Crippen LogP contribution < -0.4 is 34.5 Å². The van der Waals surface area contributed by atoms with Gasteiger partial charge in [0.15, 0.2) is 0 Å². The molecule has 2 aromatic carbocycles. The molecule has 0 amide bonds. The van der Waals surface area contributed by atoms with Gasteiger partial charge in [0, 0.05) is 11.5 Å². The van der Waals surface area contributed by atoms with E-state index in [1.165, 1.54) is 12.1 Å². The average Bonchev–Trinajstić information content (AvgIpc) is 3.30. The van der Waals surface area contributed by atoms with Gasteiger partial charge in [-0.05, 0) is 54.0 Å². The van der Waals surface area contributed by atoms with Crippen LogP contribution in [0.5, 0.6) is 0 Å². The molecule has 0 spiro atoms. The average molecular weight is 448 g/mol. The van der Waals surface area contributed by atoms with Crippen molar-refractivity contribution in [2.24, 2.45) is 0 Å². The minimum atomic E-state index is -4.43. The van der Waals surface area contributed by atoms with Crippen LogP contribution in [0.3, 0.4) is 0 Å². The van der Waals surface area contributed by atoms with E-state index >= 15 is 0 Å². The van der Waals surface area contributed by atoms with Crippen LogP contribution in [-0.2, 0) is 11.6 Å². The van der Waals surface area contributed by atoms with Crippen molar-refractivity contribution in [3.05, 3.63) is 59.8 Å². The molecular weight excluding hydrogens is 424 g/mol. The molecule has 4 nitrogen and oxygen atoms in total. The summed E-state index contributed by atoms with van der Waals surface area (Å²) < 4.78 is 42.3. The van der Waals surface area contributed by atoms with Crippen molar-refractivity contribution in [2.75, 3.05) is 0 Å². The number of rotatable bonds is 3. The van der Waals surface area contributed by atoms with Crippen molar-refractivity contribution in [3.8, 4) is 22.6 Å². The van der Waals surface area contributed by atoms with Crippen molar-refractivity contribution in [1.29, 1.82) is 0 Å². The van der Waals surface area contributed by atoms with Crippen LogP contribution in [-0.4, -0.2) is 14.8 Å². The van der Waals surface area contributed by atoms with Crippen molar-refractivity contribution in [3.63, 3.8) is 0 Å². The minimum absolute atomic E-state index is 0. The molecule has 162 valence electrons. The zero-order valence-corrected chi connectivity index (χ0v) is 21.1. The van der Waals surface area contributed by atoms with Gasteiger partial charge in [-0.1, -0.05) is 57.2 Å². The van der Waals surface area contributed by atoms with Gasteiger partial charge in [-0.25, -0.2) is 0 Å². The summed E-state index contributed by atoms with van der Waals surface area (Å²) in [5.41, 5.74) is 2.72. The van der Waals surface area contributed by atoms with Crippen LogP contribution in [0.1, 0.15) is 51.9 Å². The van der Waals surface area contributed by atoms with Crippen LogP contribution in [0.2, 0.25) is 0 Å². The summed E-state index contributed by atoms with van der Waals surface area (Å²) in [5.74, 6) is 0.521. The fraction of sp³-hybridized carbons (Fsp3) is 0.333. The normalized spacial score (nSPS) is 12.4. The monoisotopic (exact) mass is 448 g/mol. The number of nitrogens with zero attached hydrogens (tertiary/aromatic N) is 4. The van der Waals surface area contributed by atoms with E-state index in [0.29, 0.717) is 22.4 Å². The van der Waals surface area contributed by atoms with Crippen LogP contribution in [0.4, 0.5) is 13.2 Å². The third-order valence-electron chi connectivity index (χ3n) is 5.19. The first-order valence-electron chi connectivity index (χ1n) is 10.2. The molecule has 0 saturated carbocycles. The molecule has 0 aliphatic carbocycles. The Kier molecular flexibility index (Phi) is 6.67. The summed E-state index contributed by atoms with van der Waals surface area (Å²) in [4.78, 5) is 9.28. The maximum Gasteiger partial charge on any atom is 1.00 e. The molecule has 2 heterocycles. The summed E-state index contributed by atoms with van der Waals surface area (Å²) in [7, 11) is 0. The fourth-order valence-electron chi connectivity index (χ4n) is 3.55. The molecule has 0 unspecified atom stereocenters. The van der Waals surface area contributed by atoms with E-state index < -0.39 is 11.7 Å².